The van der Waals surface area contributed by atoms with Crippen LogP contribution in [0, 0.1) is 0 Å². The van der Waals surface area contributed by atoms with Crippen LogP contribution < -0.4 is 5.32 Å². The summed E-state index contributed by atoms with van der Waals surface area (Å²) in [6.07, 6.45) is -0.289. The first-order valence-electron chi connectivity index (χ1n) is 7.73. The fourth-order valence-electron chi connectivity index (χ4n) is 2.49. The predicted molar refractivity (Wildman–Crippen MR) is 89.7 cm³/mol. The van der Waals surface area contributed by atoms with Gasteiger partial charge in [0.25, 0.3) is 0 Å². The SMILES string of the molecule is CCOC(=O)N1CCN(C(C)C(=O)Nc2cccc(Cl)c2)CC1. The molecule has 0 aliphatic carbocycles. The van der Waals surface area contributed by atoms with E-state index in [0.29, 0.717) is 43.5 Å². The van der Waals surface area contributed by atoms with Crippen molar-refractivity contribution in [3.8, 4) is 0 Å². The van der Waals surface area contributed by atoms with E-state index >= 15 is 0 Å². The smallest absolute Gasteiger partial charge is 0.409 e. The van der Waals surface area contributed by atoms with Gasteiger partial charge in [-0.05, 0) is 32.0 Å². The lowest BCUT2D eigenvalue weighted by molar-refractivity contribution is -0.121. The molecule has 0 aromatic heterocycles. The molecule has 23 heavy (non-hydrogen) atoms. The van der Waals surface area contributed by atoms with Gasteiger partial charge in [-0.25, -0.2) is 4.79 Å². The van der Waals surface area contributed by atoms with Crippen LogP contribution in [-0.2, 0) is 9.53 Å². The normalized spacial score (nSPS) is 16.7. The molecule has 1 fully saturated rings. The Morgan fingerprint density at radius 3 is 2.61 bits per heavy atom. The minimum atomic E-state index is -0.289. The van der Waals surface area contributed by atoms with E-state index in [2.05, 4.69) is 10.2 Å². The zero-order chi connectivity index (χ0) is 16.8. The summed E-state index contributed by atoms with van der Waals surface area (Å²) in [7, 11) is 0. The molecule has 1 saturated heterocycles. The van der Waals surface area contributed by atoms with E-state index in [0.717, 1.165) is 0 Å². The largest absolute Gasteiger partial charge is 0.450 e. The van der Waals surface area contributed by atoms with Crippen LogP contribution in [0.25, 0.3) is 0 Å². The highest BCUT2D eigenvalue weighted by Gasteiger charge is 2.27. The number of hydrogen-bond donors (Lipinski definition) is 1. The van der Waals surface area contributed by atoms with Gasteiger partial charge in [0.1, 0.15) is 0 Å². The number of amides is 2. The van der Waals surface area contributed by atoms with Crippen molar-refractivity contribution in [2.45, 2.75) is 19.9 Å². The van der Waals surface area contributed by atoms with Crippen molar-refractivity contribution < 1.29 is 14.3 Å². The molecule has 2 rings (SSSR count). The van der Waals surface area contributed by atoms with Crippen molar-refractivity contribution >= 4 is 29.3 Å². The lowest BCUT2D eigenvalue weighted by Crippen LogP contribution is -2.54. The minimum Gasteiger partial charge on any atom is -0.450 e. The Balaban J connectivity index is 1.85. The van der Waals surface area contributed by atoms with Gasteiger partial charge in [0.05, 0.1) is 12.6 Å². The quantitative estimate of drug-likeness (QED) is 0.915. The van der Waals surface area contributed by atoms with Crippen LogP contribution in [0.1, 0.15) is 13.8 Å². The highest BCUT2D eigenvalue weighted by Crippen LogP contribution is 2.16. The van der Waals surface area contributed by atoms with E-state index in [9.17, 15) is 9.59 Å². The third kappa shape index (κ3) is 4.84. The first kappa shape index (κ1) is 17.6. The monoisotopic (exact) mass is 339 g/mol. The summed E-state index contributed by atoms with van der Waals surface area (Å²) in [5.41, 5.74) is 0.680. The average molecular weight is 340 g/mol. The van der Waals surface area contributed by atoms with Gasteiger partial charge in [-0.1, -0.05) is 17.7 Å². The van der Waals surface area contributed by atoms with E-state index in [-0.39, 0.29) is 18.0 Å². The van der Waals surface area contributed by atoms with Crippen molar-refractivity contribution in [2.75, 3.05) is 38.1 Å². The van der Waals surface area contributed by atoms with E-state index < -0.39 is 0 Å². The Morgan fingerprint density at radius 2 is 2.00 bits per heavy atom. The Morgan fingerprint density at radius 1 is 1.30 bits per heavy atom. The van der Waals surface area contributed by atoms with E-state index in [1.165, 1.54) is 0 Å². The summed E-state index contributed by atoms with van der Waals surface area (Å²) in [5.74, 6) is -0.0862. The average Bonchev–Trinajstić information content (AvgIpc) is 2.54. The van der Waals surface area contributed by atoms with Crippen molar-refractivity contribution in [2.24, 2.45) is 0 Å². The fraction of sp³-hybridized carbons (Fsp3) is 0.500. The first-order valence-corrected chi connectivity index (χ1v) is 8.11. The van der Waals surface area contributed by atoms with Crippen molar-refractivity contribution in [1.82, 2.24) is 9.80 Å². The molecule has 1 aromatic carbocycles. The molecule has 1 aliphatic rings. The van der Waals surface area contributed by atoms with Crippen molar-refractivity contribution in [1.29, 1.82) is 0 Å². The highest BCUT2D eigenvalue weighted by atomic mass is 35.5. The molecule has 6 nitrogen and oxygen atoms in total. The lowest BCUT2D eigenvalue weighted by Gasteiger charge is -2.36. The van der Waals surface area contributed by atoms with E-state index in [4.69, 9.17) is 16.3 Å². The number of rotatable bonds is 4. The fourth-order valence-corrected chi connectivity index (χ4v) is 2.68. The third-order valence-electron chi connectivity index (χ3n) is 3.86. The number of nitrogens with one attached hydrogen (secondary N) is 1. The Kier molecular flexibility index (Phi) is 6.24. The van der Waals surface area contributed by atoms with Crippen LogP contribution in [0.5, 0.6) is 0 Å². The third-order valence-corrected chi connectivity index (χ3v) is 4.09. The molecular formula is C16H22ClN3O3. The molecule has 1 aliphatic heterocycles. The van der Waals surface area contributed by atoms with Gasteiger partial charge in [-0.15, -0.1) is 0 Å². The zero-order valence-corrected chi connectivity index (χ0v) is 14.2. The summed E-state index contributed by atoms with van der Waals surface area (Å²) in [5, 5.41) is 3.45. The van der Waals surface area contributed by atoms with Crippen molar-refractivity contribution in [3.05, 3.63) is 29.3 Å². The number of hydrogen-bond acceptors (Lipinski definition) is 4. The van der Waals surface area contributed by atoms with Gasteiger partial charge in [-0.3, -0.25) is 9.69 Å². The topological polar surface area (TPSA) is 61.9 Å². The maximum atomic E-state index is 12.3. The van der Waals surface area contributed by atoms with Crippen LogP contribution in [0.2, 0.25) is 5.02 Å². The summed E-state index contributed by atoms with van der Waals surface area (Å²) in [6.45, 7) is 6.43. The number of carbonyl (C=O) groups is 2. The molecule has 7 heteroatoms. The number of anilines is 1. The minimum absolute atomic E-state index is 0.0862. The standard InChI is InChI=1S/C16H22ClN3O3/c1-3-23-16(22)20-9-7-19(8-10-20)12(2)15(21)18-14-6-4-5-13(17)11-14/h4-6,11-12H,3,7-10H2,1-2H3,(H,18,21). The van der Waals surface area contributed by atoms with E-state index in [1.807, 2.05) is 6.92 Å². The maximum absolute atomic E-state index is 12.3. The molecule has 1 N–H and O–H groups in total. The Labute approximate surface area is 141 Å². The summed E-state index contributed by atoms with van der Waals surface area (Å²) in [6, 6.07) is 6.79. The van der Waals surface area contributed by atoms with Crippen molar-refractivity contribution in [3.63, 3.8) is 0 Å². The number of piperazine rings is 1. The molecule has 0 radical (unpaired) electrons. The maximum Gasteiger partial charge on any atom is 0.409 e. The van der Waals surface area contributed by atoms with Gasteiger partial charge >= 0.3 is 6.09 Å². The van der Waals surface area contributed by atoms with Crippen LogP contribution in [0.3, 0.4) is 0 Å². The summed E-state index contributed by atoms with van der Waals surface area (Å²) >= 11 is 5.92. The second-order valence-corrected chi connectivity index (χ2v) is 5.83. The first-order chi connectivity index (χ1) is 11.0. The number of nitrogens with zero attached hydrogens (tertiary/aromatic N) is 2. The van der Waals surface area contributed by atoms with Gasteiger partial charge in [0.2, 0.25) is 5.91 Å². The number of halogens is 1. The van der Waals surface area contributed by atoms with E-state index in [1.54, 1.807) is 36.1 Å². The molecule has 0 saturated carbocycles. The number of benzene rings is 1. The predicted octanol–water partition coefficient (Wildman–Crippen LogP) is 2.44. The summed E-state index contributed by atoms with van der Waals surface area (Å²) < 4.78 is 4.99. The van der Waals surface area contributed by atoms with Gasteiger partial charge < -0.3 is 15.0 Å². The molecule has 0 bridgehead atoms. The molecule has 2 amide bonds. The van der Waals surface area contributed by atoms with Gasteiger partial charge in [0.15, 0.2) is 0 Å². The molecule has 126 valence electrons. The second kappa shape index (κ2) is 8.17. The second-order valence-electron chi connectivity index (χ2n) is 5.40. The zero-order valence-electron chi connectivity index (χ0n) is 13.4. The van der Waals surface area contributed by atoms with Crippen LogP contribution in [0.15, 0.2) is 24.3 Å². The lowest BCUT2D eigenvalue weighted by atomic mass is 10.2. The van der Waals surface area contributed by atoms with Gasteiger partial charge in [-0.2, -0.15) is 0 Å². The molecule has 1 heterocycles. The number of carbonyl (C=O) groups excluding carboxylic acids is 2. The molecule has 1 atom stereocenters. The molecule has 1 unspecified atom stereocenters. The van der Waals surface area contributed by atoms with Crippen LogP contribution in [-0.4, -0.2) is 60.6 Å². The molecule has 1 aromatic rings. The van der Waals surface area contributed by atoms with Gasteiger partial charge in [0, 0.05) is 36.9 Å². The Bertz CT molecular complexity index is 559. The van der Waals surface area contributed by atoms with Crippen LogP contribution >= 0.6 is 11.6 Å². The highest BCUT2D eigenvalue weighted by molar-refractivity contribution is 6.30. The summed E-state index contributed by atoms with van der Waals surface area (Å²) in [4.78, 5) is 27.7. The van der Waals surface area contributed by atoms with Crippen LogP contribution in [0.4, 0.5) is 10.5 Å². The molecule has 0 spiro atoms. The Hall–Kier alpha value is -1.79. The number of ether oxygens (including phenoxy) is 1. The molecular weight excluding hydrogens is 318 g/mol.